The van der Waals surface area contributed by atoms with Crippen LogP contribution in [0.5, 0.6) is 0 Å². The van der Waals surface area contributed by atoms with Crippen LogP contribution in [0.3, 0.4) is 0 Å². The van der Waals surface area contributed by atoms with Crippen molar-refractivity contribution in [1.29, 1.82) is 0 Å². The van der Waals surface area contributed by atoms with E-state index in [-0.39, 0.29) is 23.4 Å². The summed E-state index contributed by atoms with van der Waals surface area (Å²) >= 11 is 0. The Labute approximate surface area is 90.9 Å². The number of aromatic carboxylic acids is 1. The molecule has 0 aliphatic rings. The Morgan fingerprint density at radius 1 is 1.44 bits per heavy atom. The number of carboxylic acids is 1. The van der Waals surface area contributed by atoms with Crippen LogP contribution < -0.4 is 5.56 Å². The van der Waals surface area contributed by atoms with E-state index >= 15 is 0 Å². The van der Waals surface area contributed by atoms with Crippen molar-refractivity contribution in [3.8, 4) is 0 Å². The first-order chi connectivity index (χ1) is 7.47. The van der Waals surface area contributed by atoms with Crippen LogP contribution in [0, 0.1) is 0 Å². The van der Waals surface area contributed by atoms with Gasteiger partial charge in [0.1, 0.15) is 0 Å². The van der Waals surface area contributed by atoms with Crippen molar-refractivity contribution in [3.05, 3.63) is 33.2 Å². The van der Waals surface area contributed by atoms with Gasteiger partial charge in [0.2, 0.25) is 0 Å². The number of H-pyrrole nitrogens is 1. The first-order valence-electron chi connectivity index (χ1n) is 4.46. The highest BCUT2D eigenvalue weighted by Crippen LogP contribution is 2.07. The molecule has 1 rings (SSSR count). The van der Waals surface area contributed by atoms with Crippen molar-refractivity contribution in [3.63, 3.8) is 0 Å². The molecule has 6 nitrogen and oxygen atoms in total. The fraction of sp³-hybridized carbons (Fsp3) is 0.300. The lowest BCUT2D eigenvalue weighted by atomic mass is 10.1. The number of pyridine rings is 1. The van der Waals surface area contributed by atoms with Gasteiger partial charge in [-0.3, -0.25) is 9.59 Å². The number of methoxy groups -OCH3 is 1. The summed E-state index contributed by atoms with van der Waals surface area (Å²) in [7, 11) is 1.38. The smallest absolute Gasteiger partial charge is 0.337 e. The van der Waals surface area contributed by atoms with Crippen LogP contribution in [0.1, 0.15) is 33.3 Å². The largest absolute Gasteiger partial charge is 0.478 e. The van der Waals surface area contributed by atoms with Crippen molar-refractivity contribution in [2.75, 3.05) is 7.11 Å². The summed E-state index contributed by atoms with van der Waals surface area (Å²) in [6.45, 7) is 1.17. The summed E-state index contributed by atoms with van der Waals surface area (Å²) in [6, 6.07) is 1.07. The van der Waals surface area contributed by atoms with Crippen LogP contribution in [0.25, 0.3) is 0 Å². The topological polar surface area (TPSA) is 96.5 Å². The molecule has 1 aromatic rings. The number of ketones is 1. The van der Waals surface area contributed by atoms with E-state index in [4.69, 9.17) is 9.84 Å². The number of carbonyl (C=O) groups is 2. The lowest BCUT2D eigenvalue weighted by Gasteiger charge is -2.06. The van der Waals surface area contributed by atoms with Crippen molar-refractivity contribution in [2.45, 2.75) is 13.5 Å². The normalized spacial score (nSPS) is 10.1. The second-order valence-electron chi connectivity index (χ2n) is 3.20. The Bertz CT molecular complexity index is 488. The van der Waals surface area contributed by atoms with E-state index in [1.807, 2.05) is 0 Å². The van der Waals surface area contributed by atoms with Gasteiger partial charge in [-0.2, -0.15) is 0 Å². The molecule has 0 fully saturated rings. The number of rotatable bonds is 4. The fourth-order valence-electron chi connectivity index (χ4n) is 1.28. The van der Waals surface area contributed by atoms with E-state index in [1.165, 1.54) is 14.0 Å². The zero-order valence-corrected chi connectivity index (χ0v) is 8.86. The summed E-state index contributed by atoms with van der Waals surface area (Å²) < 4.78 is 4.76. The lowest BCUT2D eigenvalue weighted by Crippen LogP contribution is -2.21. The predicted molar refractivity (Wildman–Crippen MR) is 54.7 cm³/mol. The third-order valence-electron chi connectivity index (χ3n) is 2.02. The van der Waals surface area contributed by atoms with Gasteiger partial charge in [-0.25, -0.2) is 4.79 Å². The third kappa shape index (κ3) is 2.34. The zero-order valence-electron chi connectivity index (χ0n) is 8.86. The summed E-state index contributed by atoms with van der Waals surface area (Å²) in [5, 5.41) is 8.90. The number of nitrogens with one attached hydrogen (secondary N) is 1. The van der Waals surface area contributed by atoms with Crippen LogP contribution >= 0.6 is 0 Å². The molecule has 0 atom stereocenters. The Morgan fingerprint density at radius 3 is 2.50 bits per heavy atom. The van der Waals surface area contributed by atoms with Crippen LogP contribution in [-0.4, -0.2) is 29.0 Å². The monoisotopic (exact) mass is 225 g/mol. The van der Waals surface area contributed by atoms with Gasteiger partial charge in [-0.05, 0) is 13.0 Å². The Balaban J connectivity index is 3.43. The van der Waals surface area contributed by atoms with Crippen LogP contribution in [0.15, 0.2) is 10.9 Å². The second-order valence-corrected chi connectivity index (χ2v) is 3.20. The van der Waals surface area contributed by atoms with Gasteiger partial charge in [0, 0.05) is 7.11 Å². The first-order valence-corrected chi connectivity index (χ1v) is 4.46. The minimum absolute atomic E-state index is 0.0327. The van der Waals surface area contributed by atoms with Crippen LogP contribution in [0.4, 0.5) is 0 Å². The van der Waals surface area contributed by atoms with Crippen molar-refractivity contribution >= 4 is 11.8 Å². The highest BCUT2D eigenvalue weighted by Gasteiger charge is 2.16. The van der Waals surface area contributed by atoms with Crippen molar-refractivity contribution in [1.82, 2.24) is 4.98 Å². The molecular weight excluding hydrogens is 214 g/mol. The Kier molecular flexibility index (Phi) is 3.57. The number of aromatic amines is 1. The molecule has 6 heteroatoms. The van der Waals surface area contributed by atoms with Crippen LogP contribution in [0.2, 0.25) is 0 Å². The average molecular weight is 225 g/mol. The molecule has 0 saturated carbocycles. The quantitative estimate of drug-likeness (QED) is 0.724. The summed E-state index contributed by atoms with van der Waals surface area (Å²) in [5.41, 5.74) is -0.765. The highest BCUT2D eigenvalue weighted by atomic mass is 16.5. The zero-order chi connectivity index (χ0) is 12.3. The number of carboxylic acid groups (broad SMARTS) is 1. The number of ether oxygens (including phenoxy) is 1. The van der Waals surface area contributed by atoms with Gasteiger partial charge in [0.25, 0.3) is 5.56 Å². The van der Waals surface area contributed by atoms with E-state index in [1.54, 1.807) is 0 Å². The SMILES string of the molecule is COCc1[nH]c(=O)c(C(C)=O)cc1C(=O)O. The standard InChI is InChI=1S/C10H11NO5/c1-5(12)6-3-7(10(14)15)8(4-16-2)11-9(6)13/h3H,4H2,1-2H3,(H,11,13)(H,14,15). The molecule has 1 heterocycles. The maximum atomic E-state index is 11.4. The molecule has 0 aliphatic carbocycles. The number of carbonyl (C=O) groups excluding carboxylic acids is 1. The number of hydrogen-bond acceptors (Lipinski definition) is 4. The molecule has 0 radical (unpaired) electrons. The predicted octanol–water partition coefficient (Wildman–Crippen LogP) is 0.422. The molecular formula is C10H11NO5. The molecule has 0 saturated heterocycles. The minimum atomic E-state index is -1.22. The minimum Gasteiger partial charge on any atom is -0.478 e. The van der Waals surface area contributed by atoms with E-state index in [9.17, 15) is 14.4 Å². The van der Waals surface area contributed by atoms with E-state index in [0.29, 0.717) is 0 Å². The van der Waals surface area contributed by atoms with Crippen LogP contribution in [-0.2, 0) is 11.3 Å². The molecule has 0 spiro atoms. The van der Waals surface area contributed by atoms with Crippen molar-refractivity contribution in [2.24, 2.45) is 0 Å². The summed E-state index contributed by atoms with van der Waals surface area (Å²) in [6.07, 6.45) is 0. The molecule has 0 amide bonds. The maximum Gasteiger partial charge on any atom is 0.337 e. The summed E-state index contributed by atoms with van der Waals surface area (Å²) in [5.74, 6) is -1.70. The second kappa shape index (κ2) is 4.71. The maximum absolute atomic E-state index is 11.4. The molecule has 86 valence electrons. The van der Waals surface area contributed by atoms with Gasteiger partial charge in [-0.1, -0.05) is 0 Å². The molecule has 2 N–H and O–H groups in total. The Hall–Kier alpha value is -1.95. The van der Waals surface area contributed by atoms with Gasteiger partial charge in [0.15, 0.2) is 5.78 Å². The molecule has 16 heavy (non-hydrogen) atoms. The number of hydrogen-bond donors (Lipinski definition) is 2. The third-order valence-corrected chi connectivity index (χ3v) is 2.02. The lowest BCUT2D eigenvalue weighted by molar-refractivity contribution is 0.0690. The van der Waals surface area contributed by atoms with Gasteiger partial charge >= 0.3 is 5.97 Å². The summed E-state index contributed by atoms with van der Waals surface area (Å²) in [4.78, 5) is 35.7. The van der Waals surface area contributed by atoms with Gasteiger partial charge < -0.3 is 14.8 Å². The van der Waals surface area contributed by atoms with E-state index in [0.717, 1.165) is 6.07 Å². The molecule has 0 aromatic carbocycles. The van der Waals surface area contributed by atoms with Crippen molar-refractivity contribution < 1.29 is 19.4 Å². The fourth-order valence-corrected chi connectivity index (χ4v) is 1.28. The highest BCUT2D eigenvalue weighted by molar-refractivity contribution is 5.97. The molecule has 0 unspecified atom stereocenters. The molecule has 1 aromatic heterocycles. The van der Waals surface area contributed by atoms with E-state index < -0.39 is 17.3 Å². The first kappa shape index (κ1) is 12.1. The average Bonchev–Trinajstić information content (AvgIpc) is 2.17. The molecule has 0 bridgehead atoms. The van der Waals surface area contributed by atoms with E-state index in [2.05, 4.69) is 4.98 Å². The number of aromatic nitrogens is 1. The Morgan fingerprint density at radius 2 is 2.06 bits per heavy atom. The van der Waals surface area contributed by atoms with Gasteiger partial charge in [-0.15, -0.1) is 0 Å². The van der Waals surface area contributed by atoms with Gasteiger partial charge in [0.05, 0.1) is 23.4 Å². The number of Topliss-reactive ketones (excluding diaryl/α,β-unsaturated/α-hetero) is 1. The molecule has 0 aliphatic heterocycles.